The maximum absolute atomic E-state index is 2.24. The molecule has 1 radical (unpaired) electrons. The summed E-state index contributed by atoms with van der Waals surface area (Å²) >= 11 is 0. The molecule has 99 valence electrons. The fraction of sp³-hybridized carbons (Fsp3) is 0. The number of hydrogen-bond acceptors (Lipinski definition) is 0. The van der Waals surface area contributed by atoms with Crippen molar-refractivity contribution in [2.24, 2.45) is 0 Å². The van der Waals surface area contributed by atoms with E-state index in [1.807, 2.05) is 12.1 Å². The number of benzene rings is 2. The normalized spacial score (nSPS) is 8.80. The molecule has 0 aliphatic heterocycles. The van der Waals surface area contributed by atoms with Gasteiger partial charge in [-0.2, -0.15) is 0 Å². The van der Waals surface area contributed by atoms with Crippen molar-refractivity contribution in [1.29, 1.82) is 0 Å². The van der Waals surface area contributed by atoms with E-state index in [0.29, 0.717) is 0 Å². The maximum Gasteiger partial charge on any atom is 3.00 e. The fourth-order valence-electron chi connectivity index (χ4n) is 2.06. The van der Waals surface area contributed by atoms with E-state index in [-0.39, 0.29) is 51.0 Å². The summed E-state index contributed by atoms with van der Waals surface area (Å²) < 4.78 is 0. The molecule has 0 atom stereocenters. The first-order valence-corrected chi connectivity index (χ1v) is 5.81. The molecule has 0 nitrogen and oxygen atoms in total. The monoisotopic (exact) mass is 377 g/mol. The first kappa shape index (κ1) is 19.3. The van der Waals surface area contributed by atoms with Gasteiger partial charge in [-0.25, -0.2) is 0 Å². The molecule has 20 heavy (non-hydrogen) atoms. The molecule has 0 heterocycles. The van der Waals surface area contributed by atoms with Crippen LogP contribution in [0.3, 0.4) is 0 Å². The van der Waals surface area contributed by atoms with Crippen LogP contribution in [0.15, 0.2) is 78.9 Å². The Morgan fingerprint density at radius 1 is 0.600 bits per heavy atom. The number of halogens is 2. The van der Waals surface area contributed by atoms with Crippen molar-refractivity contribution in [2.75, 3.05) is 0 Å². The molecule has 0 bridgehead atoms. The second kappa shape index (κ2) is 9.24. The Hall–Kier alpha value is -0.747. The predicted molar refractivity (Wildman–Crippen MR) is 72.9 cm³/mol. The zero-order chi connectivity index (χ0) is 11.5. The number of hydrogen-bond donors (Lipinski definition) is 0. The second-order valence-corrected chi connectivity index (χ2v) is 4.12. The predicted octanol–water partition coefficient (Wildman–Crippen LogP) is -1.25. The average Bonchev–Trinajstić information content (AvgIpc) is 2.90. The molecule has 0 fully saturated rings. The molecule has 0 amide bonds. The third-order valence-corrected chi connectivity index (χ3v) is 2.97. The van der Waals surface area contributed by atoms with Crippen LogP contribution in [-0.2, 0) is 26.2 Å². The molecule has 0 unspecified atom stereocenters. The minimum absolute atomic E-state index is 0. The second-order valence-electron chi connectivity index (χ2n) is 4.12. The molecule has 0 aliphatic rings. The summed E-state index contributed by atoms with van der Waals surface area (Å²) in [7, 11) is 0. The van der Waals surface area contributed by atoms with Gasteiger partial charge in [-0.3, -0.25) is 0 Å². The van der Waals surface area contributed by atoms with Crippen LogP contribution in [0.1, 0.15) is 0 Å². The van der Waals surface area contributed by atoms with E-state index in [1.54, 1.807) is 0 Å². The molecular formula is C17H13Cl2Zr. The van der Waals surface area contributed by atoms with E-state index in [4.69, 9.17) is 0 Å². The van der Waals surface area contributed by atoms with Gasteiger partial charge < -0.3 is 24.8 Å². The third-order valence-electron chi connectivity index (χ3n) is 2.97. The van der Waals surface area contributed by atoms with Crippen molar-refractivity contribution in [1.82, 2.24) is 0 Å². The van der Waals surface area contributed by atoms with Crippen LogP contribution >= 0.6 is 0 Å². The van der Waals surface area contributed by atoms with Gasteiger partial charge in [0.15, 0.2) is 0 Å². The van der Waals surface area contributed by atoms with Crippen molar-refractivity contribution in [3.8, 4) is 22.3 Å². The van der Waals surface area contributed by atoms with Crippen LogP contribution < -0.4 is 24.8 Å². The van der Waals surface area contributed by atoms with E-state index in [9.17, 15) is 0 Å². The first-order valence-electron chi connectivity index (χ1n) is 5.81. The van der Waals surface area contributed by atoms with Gasteiger partial charge in [0.25, 0.3) is 0 Å². The first-order chi connectivity index (χ1) is 8.43. The summed E-state index contributed by atoms with van der Waals surface area (Å²) in [6, 6.07) is 27.6. The van der Waals surface area contributed by atoms with Crippen LogP contribution in [0.5, 0.6) is 0 Å². The molecule has 0 saturated carbocycles. The van der Waals surface area contributed by atoms with Gasteiger partial charge in [0, 0.05) is 0 Å². The molecule has 0 N–H and O–H groups in total. The van der Waals surface area contributed by atoms with E-state index in [0.717, 1.165) is 0 Å². The van der Waals surface area contributed by atoms with Gasteiger partial charge in [-0.15, -0.1) is 41.5 Å². The summed E-state index contributed by atoms with van der Waals surface area (Å²) in [6.45, 7) is 0. The van der Waals surface area contributed by atoms with Gasteiger partial charge in [-0.1, -0.05) is 59.7 Å². The molecule has 3 rings (SSSR count). The van der Waals surface area contributed by atoms with Crippen molar-refractivity contribution in [3.05, 3.63) is 78.9 Å². The van der Waals surface area contributed by atoms with Crippen LogP contribution in [-0.4, -0.2) is 0 Å². The Balaban J connectivity index is 0.00000120. The van der Waals surface area contributed by atoms with Crippen molar-refractivity contribution in [3.63, 3.8) is 0 Å². The van der Waals surface area contributed by atoms with Gasteiger partial charge in [0.2, 0.25) is 0 Å². The molecule has 0 saturated heterocycles. The summed E-state index contributed by atoms with van der Waals surface area (Å²) in [5.74, 6) is 0. The summed E-state index contributed by atoms with van der Waals surface area (Å²) in [6.07, 6.45) is 0. The Kier molecular flexibility index (Phi) is 8.89. The van der Waals surface area contributed by atoms with Crippen LogP contribution in [0.2, 0.25) is 0 Å². The van der Waals surface area contributed by atoms with Crippen molar-refractivity contribution >= 4 is 0 Å². The Bertz CT molecular complexity index is 549. The van der Waals surface area contributed by atoms with Gasteiger partial charge in [0.05, 0.1) is 0 Å². The zero-order valence-electron chi connectivity index (χ0n) is 10.8. The average molecular weight is 379 g/mol. The Morgan fingerprint density at radius 2 is 1.15 bits per heavy atom. The summed E-state index contributed by atoms with van der Waals surface area (Å²) in [5, 5.41) is 0. The molecular weight excluding hydrogens is 366 g/mol. The summed E-state index contributed by atoms with van der Waals surface area (Å²) in [4.78, 5) is 0. The smallest absolute Gasteiger partial charge is 1.00 e. The summed E-state index contributed by atoms with van der Waals surface area (Å²) in [5.41, 5.74) is 5.11. The minimum Gasteiger partial charge on any atom is -1.00 e. The molecule has 0 aliphatic carbocycles. The molecule has 0 aromatic heterocycles. The van der Waals surface area contributed by atoms with E-state index in [1.165, 1.54) is 22.3 Å². The van der Waals surface area contributed by atoms with Gasteiger partial charge in [-0.05, 0) is 0 Å². The van der Waals surface area contributed by atoms with E-state index >= 15 is 0 Å². The van der Waals surface area contributed by atoms with E-state index in [2.05, 4.69) is 66.7 Å². The van der Waals surface area contributed by atoms with Crippen LogP contribution in [0.4, 0.5) is 0 Å². The quantitative estimate of drug-likeness (QED) is 0.488. The number of rotatable bonds is 2. The van der Waals surface area contributed by atoms with Crippen molar-refractivity contribution < 1.29 is 51.0 Å². The molecule has 3 heteroatoms. The van der Waals surface area contributed by atoms with Crippen LogP contribution in [0, 0.1) is 0 Å². The molecule has 3 aromatic carbocycles. The topological polar surface area (TPSA) is 0 Å². The third kappa shape index (κ3) is 4.38. The van der Waals surface area contributed by atoms with Gasteiger partial charge in [0.1, 0.15) is 0 Å². The Morgan fingerprint density at radius 3 is 1.75 bits per heavy atom. The SMILES string of the molecule is [Cl-].[Cl-].[Zr+3].c1ccc(-c2cc[c-](-c3ccccc3)c2)cc1. The minimum atomic E-state index is 0. The van der Waals surface area contributed by atoms with E-state index < -0.39 is 0 Å². The maximum atomic E-state index is 2.24. The zero-order valence-corrected chi connectivity index (χ0v) is 14.7. The van der Waals surface area contributed by atoms with Crippen molar-refractivity contribution in [2.45, 2.75) is 0 Å². The standard InChI is InChI=1S/C17H13.2ClH.Zr/c1-3-7-14(8-4-1)16-11-12-17(13-16)15-9-5-2-6-10-15;;;/h1-13H;2*1H;/q-1;;;+3/p-2. The fourth-order valence-corrected chi connectivity index (χ4v) is 2.06. The molecule has 3 aromatic rings. The largest absolute Gasteiger partial charge is 3.00 e. The molecule has 0 spiro atoms. The van der Waals surface area contributed by atoms with Crippen LogP contribution in [0.25, 0.3) is 22.3 Å². The van der Waals surface area contributed by atoms with Gasteiger partial charge >= 0.3 is 26.2 Å². The Labute approximate surface area is 151 Å².